The molecule has 2 aromatic rings. The number of ether oxygens (including phenoxy) is 1. The number of rotatable bonds is 5. The maximum absolute atomic E-state index is 12.9. The molecule has 1 aliphatic heterocycles. The molecule has 0 aliphatic carbocycles. The van der Waals surface area contributed by atoms with Gasteiger partial charge in [-0.2, -0.15) is 0 Å². The SMILES string of the molecule is Cc1[nH]c2c(C)ccc(C)c2c1CC(=O)N1CCC(COC(C)C)CC1. The number of benzene rings is 1. The smallest absolute Gasteiger partial charge is 0.227 e. The predicted molar refractivity (Wildman–Crippen MR) is 107 cm³/mol. The summed E-state index contributed by atoms with van der Waals surface area (Å²) in [7, 11) is 0. The molecule has 1 aromatic carbocycles. The fraction of sp³-hybridized carbons (Fsp3) is 0.591. The molecular formula is C22H32N2O2. The van der Waals surface area contributed by atoms with E-state index in [1.807, 2.05) is 4.90 Å². The molecule has 0 saturated carbocycles. The van der Waals surface area contributed by atoms with Crippen molar-refractivity contribution in [3.63, 3.8) is 0 Å². The lowest BCUT2D eigenvalue weighted by molar-refractivity contribution is -0.132. The molecule has 1 amide bonds. The van der Waals surface area contributed by atoms with Gasteiger partial charge in [-0.15, -0.1) is 0 Å². The topological polar surface area (TPSA) is 45.3 Å². The molecule has 1 fully saturated rings. The summed E-state index contributed by atoms with van der Waals surface area (Å²) in [4.78, 5) is 18.4. The molecule has 1 aliphatic rings. The van der Waals surface area contributed by atoms with E-state index in [-0.39, 0.29) is 12.0 Å². The van der Waals surface area contributed by atoms with Crippen molar-refractivity contribution in [2.24, 2.45) is 5.92 Å². The summed E-state index contributed by atoms with van der Waals surface area (Å²) in [5, 5.41) is 1.23. The van der Waals surface area contributed by atoms with E-state index in [0.29, 0.717) is 12.3 Å². The zero-order valence-electron chi connectivity index (χ0n) is 16.8. The van der Waals surface area contributed by atoms with Crippen molar-refractivity contribution in [3.05, 3.63) is 34.5 Å². The lowest BCUT2D eigenvalue weighted by atomic mass is 9.96. The highest BCUT2D eigenvalue weighted by molar-refractivity contribution is 5.93. The largest absolute Gasteiger partial charge is 0.379 e. The molecule has 1 aromatic heterocycles. The summed E-state index contributed by atoms with van der Waals surface area (Å²) in [6, 6.07) is 4.29. The van der Waals surface area contributed by atoms with Crippen LogP contribution in [0.4, 0.5) is 0 Å². The van der Waals surface area contributed by atoms with Crippen molar-refractivity contribution in [1.82, 2.24) is 9.88 Å². The number of nitrogens with zero attached hydrogens (tertiary/aromatic N) is 1. The summed E-state index contributed by atoms with van der Waals surface area (Å²) in [5.74, 6) is 0.833. The molecule has 1 N–H and O–H groups in total. The summed E-state index contributed by atoms with van der Waals surface area (Å²) in [6.45, 7) is 13.0. The van der Waals surface area contributed by atoms with Gasteiger partial charge in [-0.25, -0.2) is 0 Å². The van der Waals surface area contributed by atoms with Gasteiger partial charge in [0.15, 0.2) is 0 Å². The number of hydrogen-bond acceptors (Lipinski definition) is 2. The zero-order chi connectivity index (χ0) is 18.8. The molecule has 0 spiro atoms. The van der Waals surface area contributed by atoms with Crippen LogP contribution in [0.15, 0.2) is 12.1 Å². The second-order valence-electron chi connectivity index (χ2n) is 8.06. The number of aryl methyl sites for hydroxylation is 3. The van der Waals surface area contributed by atoms with Crippen LogP contribution in [0.1, 0.15) is 49.1 Å². The van der Waals surface area contributed by atoms with E-state index in [9.17, 15) is 4.79 Å². The number of nitrogens with one attached hydrogen (secondary N) is 1. The van der Waals surface area contributed by atoms with E-state index >= 15 is 0 Å². The van der Waals surface area contributed by atoms with Crippen molar-refractivity contribution in [1.29, 1.82) is 0 Å². The normalized spacial score (nSPS) is 16.0. The summed E-state index contributed by atoms with van der Waals surface area (Å²) < 4.78 is 5.74. The van der Waals surface area contributed by atoms with E-state index < -0.39 is 0 Å². The Balaban J connectivity index is 1.67. The highest BCUT2D eigenvalue weighted by atomic mass is 16.5. The molecule has 0 unspecified atom stereocenters. The number of fused-ring (bicyclic) bond motifs is 1. The first-order valence-electron chi connectivity index (χ1n) is 9.83. The second kappa shape index (κ2) is 7.83. The van der Waals surface area contributed by atoms with Crippen LogP contribution < -0.4 is 0 Å². The van der Waals surface area contributed by atoms with E-state index in [4.69, 9.17) is 4.74 Å². The fourth-order valence-corrected chi connectivity index (χ4v) is 3.97. The Bertz CT molecular complexity index is 783. The summed E-state index contributed by atoms with van der Waals surface area (Å²) in [6.07, 6.45) is 2.86. The van der Waals surface area contributed by atoms with E-state index in [2.05, 4.69) is 51.7 Å². The second-order valence-corrected chi connectivity index (χ2v) is 8.06. The maximum atomic E-state index is 12.9. The Morgan fingerprint density at radius 2 is 1.85 bits per heavy atom. The number of likely N-dealkylation sites (tertiary alicyclic amines) is 1. The predicted octanol–water partition coefficient (Wildman–Crippen LogP) is 4.30. The average Bonchev–Trinajstić information content (AvgIpc) is 2.94. The monoisotopic (exact) mass is 356 g/mol. The molecule has 4 heteroatoms. The molecule has 0 radical (unpaired) electrons. The van der Waals surface area contributed by atoms with E-state index in [1.54, 1.807) is 0 Å². The van der Waals surface area contributed by atoms with Crippen molar-refractivity contribution >= 4 is 16.8 Å². The van der Waals surface area contributed by atoms with Crippen LogP contribution >= 0.6 is 0 Å². The molecule has 26 heavy (non-hydrogen) atoms. The first kappa shape index (κ1) is 19.0. The van der Waals surface area contributed by atoms with Crippen molar-refractivity contribution < 1.29 is 9.53 Å². The van der Waals surface area contributed by atoms with Gasteiger partial charge in [-0.1, -0.05) is 12.1 Å². The number of amides is 1. The van der Waals surface area contributed by atoms with Gasteiger partial charge in [0, 0.05) is 36.3 Å². The number of piperidine rings is 1. The molecule has 3 rings (SSSR count). The van der Waals surface area contributed by atoms with Crippen molar-refractivity contribution in [2.45, 2.75) is 60.0 Å². The first-order valence-corrected chi connectivity index (χ1v) is 9.83. The number of aromatic amines is 1. The lowest BCUT2D eigenvalue weighted by Gasteiger charge is -2.32. The van der Waals surface area contributed by atoms with Crippen LogP contribution in [0, 0.1) is 26.7 Å². The van der Waals surface area contributed by atoms with Gasteiger partial charge in [0.05, 0.1) is 12.5 Å². The minimum Gasteiger partial charge on any atom is -0.379 e. The maximum Gasteiger partial charge on any atom is 0.227 e. The Kier molecular flexibility index (Phi) is 5.71. The van der Waals surface area contributed by atoms with Gasteiger partial charge < -0.3 is 14.6 Å². The number of hydrogen-bond donors (Lipinski definition) is 1. The number of carbonyl (C=O) groups is 1. The number of aromatic nitrogens is 1. The third kappa shape index (κ3) is 3.96. The van der Waals surface area contributed by atoms with Crippen LogP contribution in [0.25, 0.3) is 10.9 Å². The highest BCUT2D eigenvalue weighted by Gasteiger charge is 2.24. The van der Waals surface area contributed by atoms with Crippen LogP contribution in [0.2, 0.25) is 0 Å². The van der Waals surface area contributed by atoms with Crippen LogP contribution in [-0.2, 0) is 16.0 Å². The van der Waals surface area contributed by atoms with Crippen LogP contribution in [0.3, 0.4) is 0 Å². The zero-order valence-corrected chi connectivity index (χ0v) is 16.8. The van der Waals surface area contributed by atoms with Crippen molar-refractivity contribution in [2.75, 3.05) is 19.7 Å². The van der Waals surface area contributed by atoms with Gasteiger partial charge in [0.2, 0.25) is 5.91 Å². The molecule has 0 bridgehead atoms. The Labute approximate surface area is 156 Å². The lowest BCUT2D eigenvalue weighted by Crippen LogP contribution is -2.40. The van der Waals surface area contributed by atoms with Crippen LogP contribution in [0.5, 0.6) is 0 Å². The Morgan fingerprint density at radius 1 is 1.19 bits per heavy atom. The molecule has 4 nitrogen and oxygen atoms in total. The van der Waals surface area contributed by atoms with Crippen LogP contribution in [-0.4, -0.2) is 41.6 Å². The summed E-state index contributed by atoms with van der Waals surface area (Å²) >= 11 is 0. The summed E-state index contributed by atoms with van der Waals surface area (Å²) in [5.41, 5.74) is 5.93. The van der Waals surface area contributed by atoms with E-state index in [0.717, 1.165) is 43.8 Å². The quantitative estimate of drug-likeness (QED) is 0.868. The standard InChI is InChI=1S/C22H32N2O2/c1-14(2)26-13-18-8-10-24(11-9-18)20(25)12-19-17(5)23-22-16(4)7-6-15(3)21(19)22/h6-7,14,18,23H,8-13H2,1-5H3. The minimum atomic E-state index is 0.248. The number of carbonyl (C=O) groups excluding carboxylic acids is 1. The Morgan fingerprint density at radius 3 is 2.50 bits per heavy atom. The highest BCUT2D eigenvalue weighted by Crippen LogP contribution is 2.29. The van der Waals surface area contributed by atoms with Gasteiger partial charge >= 0.3 is 0 Å². The number of H-pyrrole nitrogens is 1. The van der Waals surface area contributed by atoms with Gasteiger partial charge in [-0.05, 0) is 70.1 Å². The minimum absolute atomic E-state index is 0.248. The molecule has 142 valence electrons. The third-order valence-corrected chi connectivity index (χ3v) is 5.65. The third-order valence-electron chi connectivity index (χ3n) is 5.65. The molecule has 0 atom stereocenters. The average molecular weight is 357 g/mol. The van der Waals surface area contributed by atoms with Gasteiger partial charge in [0.1, 0.15) is 0 Å². The first-order chi connectivity index (χ1) is 12.4. The fourth-order valence-electron chi connectivity index (χ4n) is 3.97. The van der Waals surface area contributed by atoms with Gasteiger partial charge in [-0.3, -0.25) is 4.79 Å². The van der Waals surface area contributed by atoms with Gasteiger partial charge in [0.25, 0.3) is 0 Å². The Hall–Kier alpha value is -1.81. The molecule has 2 heterocycles. The molecular weight excluding hydrogens is 324 g/mol. The molecule has 1 saturated heterocycles. The van der Waals surface area contributed by atoms with Crippen molar-refractivity contribution in [3.8, 4) is 0 Å². The van der Waals surface area contributed by atoms with E-state index in [1.165, 1.54) is 22.0 Å².